The molecule has 5 rings (SSSR count). The Balaban J connectivity index is 1.52. The summed E-state index contributed by atoms with van der Waals surface area (Å²) in [4.78, 5) is 12.1. The molecule has 1 saturated carbocycles. The highest BCUT2D eigenvalue weighted by molar-refractivity contribution is 6.32. The third kappa shape index (κ3) is 3.24. The van der Waals surface area contributed by atoms with Crippen LogP contribution in [-0.4, -0.2) is 38.6 Å². The highest BCUT2D eigenvalue weighted by Crippen LogP contribution is 2.42. The number of fused-ring (bicyclic) bond motifs is 3. The van der Waals surface area contributed by atoms with E-state index in [0.717, 1.165) is 34.8 Å². The summed E-state index contributed by atoms with van der Waals surface area (Å²) in [5.41, 5.74) is 2.86. The van der Waals surface area contributed by atoms with E-state index < -0.39 is 0 Å². The second-order valence-corrected chi connectivity index (χ2v) is 8.26. The monoisotopic (exact) mass is 399 g/mol. The van der Waals surface area contributed by atoms with Gasteiger partial charge in [0.05, 0.1) is 18.3 Å². The highest BCUT2D eigenvalue weighted by atomic mass is 15.4. The lowest BCUT2D eigenvalue weighted by Gasteiger charge is -2.40. The van der Waals surface area contributed by atoms with Gasteiger partial charge in [0.15, 0.2) is 11.6 Å². The standard InChI is InChI=1S/C22H26BN7/c1-3-18-21-28-25-13-29(21)19-12-24-22(26-14(2)15-8-10-16(23)11-9-15)27-20(19)30(18)17-6-4-5-7-17/h8-14,17-18H,3-7H2,1-2H3,(H,24,26,27)/t14-,18+/m0/s1. The molecule has 152 valence electrons. The van der Waals surface area contributed by atoms with Crippen molar-refractivity contribution in [3.63, 3.8) is 0 Å². The number of rotatable bonds is 5. The Morgan fingerprint density at radius 2 is 1.97 bits per heavy atom. The number of nitrogens with one attached hydrogen (secondary N) is 1. The molecule has 0 spiro atoms. The lowest BCUT2D eigenvalue weighted by atomic mass is 9.94. The molecule has 0 amide bonds. The molecule has 1 aliphatic heterocycles. The van der Waals surface area contributed by atoms with Crippen molar-refractivity contribution in [2.75, 3.05) is 10.2 Å². The maximum atomic E-state index is 5.82. The number of hydrogen-bond acceptors (Lipinski definition) is 6. The van der Waals surface area contributed by atoms with Gasteiger partial charge in [-0.05, 0) is 31.7 Å². The molecule has 1 fully saturated rings. The Bertz CT molecular complexity index is 1030. The molecule has 2 atom stereocenters. The van der Waals surface area contributed by atoms with Crippen molar-refractivity contribution in [1.82, 2.24) is 24.7 Å². The first-order valence-corrected chi connectivity index (χ1v) is 10.8. The summed E-state index contributed by atoms with van der Waals surface area (Å²) in [6.07, 6.45) is 9.55. The molecule has 1 aromatic carbocycles. The molecule has 1 N–H and O–H groups in total. The maximum absolute atomic E-state index is 5.82. The first kappa shape index (κ1) is 19.1. The summed E-state index contributed by atoms with van der Waals surface area (Å²) >= 11 is 0. The van der Waals surface area contributed by atoms with Gasteiger partial charge >= 0.3 is 0 Å². The molecule has 0 bridgehead atoms. The van der Waals surface area contributed by atoms with Crippen molar-refractivity contribution in [3.05, 3.63) is 48.2 Å². The predicted molar refractivity (Wildman–Crippen MR) is 119 cm³/mol. The molecular formula is C22H26BN7. The lowest BCUT2D eigenvalue weighted by molar-refractivity contribution is 0.469. The van der Waals surface area contributed by atoms with Gasteiger partial charge in [-0.1, -0.05) is 49.5 Å². The average Bonchev–Trinajstić information content (AvgIpc) is 3.45. The van der Waals surface area contributed by atoms with E-state index in [9.17, 15) is 0 Å². The van der Waals surface area contributed by atoms with Gasteiger partial charge in [0.2, 0.25) is 5.95 Å². The fraction of sp³-hybridized carbons (Fsp3) is 0.455. The van der Waals surface area contributed by atoms with Crippen molar-refractivity contribution in [2.24, 2.45) is 0 Å². The zero-order chi connectivity index (χ0) is 20.7. The SMILES string of the molecule is [B]c1ccc([C@H](C)Nc2ncc3c(n2)N(C2CCCC2)[C@H](CC)c2nncn2-3)cc1. The van der Waals surface area contributed by atoms with Gasteiger partial charge in [-0.25, -0.2) is 4.98 Å². The van der Waals surface area contributed by atoms with Crippen molar-refractivity contribution in [2.45, 2.75) is 64.1 Å². The first-order chi connectivity index (χ1) is 14.7. The second-order valence-electron chi connectivity index (χ2n) is 8.26. The Morgan fingerprint density at radius 3 is 2.70 bits per heavy atom. The number of hydrogen-bond donors (Lipinski definition) is 1. The molecule has 1 aliphatic carbocycles. The molecule has 7 nitrogen and oxygen atoms in total. The smallest absolute Gasteiger partial charge is 0.225 e. The van der Waals surface area contributed by atoms with Crippen molar-refractivity contribution in [1.29, 1.82) is 0 Å². The number of nitrogens with zero attached hydrogens (tertiary/aromatic N) is 6. The van der Waals surface area contributed by atoms with Crippen molar-refractivity contribution in [3.8, 4) is 5.69 Å². The molecule has 2 aliphatic rings. The normalized spacial score (nSPS) is 19.4. The zero-order valence-electron chi connectivity index (χ0n) is 17.5. The van der Waals surface area contributed by atoms with E-state index in [1.807, 2.05) is 35.0 Å². The number of aromatic nitrogens is 5. The minimum Gasteiger partial charge on any atom is -0.348 e. The molecule has 0 unspecified atom stereocenters. The Labute approximate surface area is 178 Å². The van der Waals surface area contributed by atoms with Gasteiger partial charge < -0.3 is 10.2 Å². The van der Waals surface area contributed by atoms with Crippen molar-refractivity contribution >= 4 is 25.1 Å². The summed E-state index contributed by atoms with van der Waals surface area (Å²) in [7, 11) is 5.82. The van der Waals surface area contributed by atoms with E-state index in [2.05, 4.69) is 39.2 Å². The first-order valence-electron chi connectivity index (χ1n) is 10.8. The average molecular weight is 399 g/mol. The molecule has 3 aromatic rings. The van der Waals surface area contributed by atoms with E-state index in [1.54, 1.807) is 6.33 Å². The molecule has 30 heavy (non-hydrogen) atoms. The summed E-state index contributed by atoms with van der Waals surface area (Å²) in [6.45, 7) is 4.32. The van der Waals surface area contributed by atoms with Crippen LogP contribution in [0.5, 0.6) is 0 Å². The Morgan fingerprint density at radius 1 is 1.20 bits per heavy atom. The predicted octanol–water partition coefficient (Wildman–Crippen LogP) is 3.24. The van der Waals surface area contributed by atoms with Crippen LogP contribution in [0.2, 0.25) is 0 Å². The van der Waals surface area contributed by atoms with E-state index in [1.165, 1.54) is 25.7 Å². The van der Waals surface area contributed by atoms with Gasteiger partial charge in [0.25, 0.3) is 0 Å². The summed E-state index contributed by atoms with van der Waals surface area (Å²) in [5, 5.41) is 12.1. The van der Waals surface area contributed by atoms with Gasteiger partial charge in [0, 0.05) is 6.04 Å². The van der Waals surface area contributed by atoms with E-state index in [4.69, 9.17) is 12.8 Å². The van der Waals surface area contributed by atoms with Crippen LogP contribution in [0.25, 0.3) is 5.69 Å². The summed E-state index contributed by atoms with van der Waals surface area (Å²) < 4.78 is 2.04. The number of anilines is 2. The lowest BCUT2D eigenvalue weighted by Crippen LogP contribution is -2.42. The van der Waals surface area contributed by atoms with Gasteiger partial charge in [0.1, 0.15) is 19.9 Å². The van der Waals surface area contributed by atoms with Crippen LogP contribution in [0.3, 0.4) is 0 Å². The molecule has 3 heterocycles. The third-order valence-corrected chi connectivity index (χ3v) is 6.35. The van der Waals surface area contributed by atoms with Crippen LogP contribution in [0, 0.1) is 0 Å². The number of benzene rings is 1. The fourth-order valence-corrected chi connectivity index (χ4v) is 4.78. The van der Waals surface area contributed by atoms with Crippen LogP contribution < -0.4 is 15.7 Å². The van der Waals surface area contributed by atoms with Crippen molar-refractivity contribution < 1.29 is 0 Å². The van der Waals surface area contributed by atoms with Gasteiger partial charge in [-0.15, -0.1) is 10.2 Å². The highest BCUT2D eigenvalue weighted by Gasteiger charge is 2.38. The Kier molecular flexibility index (Phi) is 4.93. The minimum atomic E-state index is 0.0691. The van der Waals surface area contributed by atoms with Crippen LogP contribution in [-0.2, 0) is 0 Å². The maximum Gasteiger partial charge on any atom is 0.225 e. The molecule has 8 heteroatoms. The Hall–Kier alpha value is -2.90. The largest absolute Gasteiger partial charge is 0.348 e. The van der Waals surface area contributed by atoms with Gasteiger partial charge in [-0.2, -0.15) is 4.98 Å². The topological polar surface area (TPSA) is 71.8 Å². The van der Waals surface area contributed by atoms with Crippen LogP contribution >= 0.6 is 0 Å². The molecule has 2 aromatic heterocycles. The van der Waals surface area contributed by atoms with E-state index in [0.29, 0.717) is 12.0 Å². The fourth-order valence-electron chi connectivity index (χ4n) is 4.78. The van der Waals surface area contributed by atoms with Gasteiger partial charge in [-0.3, -0.25) is 4.57 Å². The second kappa shape index (κ2) is 7.74. The molecule has 2 radical (unpaired) electrons. The van der Waals surface area contributed by atoms with Crippen LogP contribution in [0.4, 0.5) is 11.8 Å². The third-order valence-electron chi connectivity index (χ3n) is 6.35. The van der Waals surface area contributed by atoms with Crippen LogP contribution in [0.15, 0.2) is 36.8 Å². The quantitative estimate of drug-likeness (QED) is 0.665. The zero-order valence-corrected chi connectivity index (χ0v) is 17.5. The summed E-state index contributed by atoms with van der Waals surface area (Å²) in [5.74, 6) is 2.59. The van der Waals surface area contributed by atoms with E-state index in [-0.39, 0.29) is 12.1 Å². The summed E-state index contributed by atoms with van der Waals surface area (Å²) in [6, 6.07) is 8.64. The van der Waals surface area contributed by atoms with Crippen LogP contribution in [0.1, 0.15) is 69.4 Å². The molecule has 0 saturated heterocycles. The molecular weight excluding hydrogens is 373 g/mol. The van der Waals surface area contributed by atoms with E-state index >= 15 is 0 Å². The minimum absolute atomic E-state index is 0.0691.